The third kappa shape index (κ3) is 3.49. The van der Waals surface area contributed by atoms with Crippen molar-refractivity contribution in [3.63, 3.8) is 0 Å². The van der Waals surface area contributed by atoms with Gasteiger partial charge < -0.3 is 15.0 Å². The molecule has 0 bridgehead atoms. The molecule has 0 radical (unpaired) electrons. The molecule has 0 aliphatic rings. The Kier molecular flexibility index (Phi) is 4.55. The van der Waals surface area contributed by atoms with Crippen molar-refractivity contribution in [3.8, 4) is 0 Å². The first-order valence-corrected chi connectivity index (χ1v) is 6.66. The zero-order valence-electron chi connectivity index (χ0n) is 12.2. The van der Waals surface area contributed by atoms with E-state index in [-0.39, 0.29) is 18.4 Å². The van der Waals surface area contributed by atoms with Crippen LogP contribution in [-0.2, 0) is 18.3 Å². The van der Waals surface area contributed by atoms with Crippen molar-refractivity contribution in [1.82, 2.24) is 14.9 Å². The van der Waals surface area contributed by atoms with E-state index in [0.29, 0.717) is 11.4 Å². The first-order valence-electron chi connectivity index (χ1n) is 6.66. The van der Waals surface area contributed by atoms with Crippen LogP contribution in [0.25, 0.3) is 0 Å². The summed E-state index contributed by atoms with van der Waals surface area (Å²) in [5, 5.41) is 11.5. The van der Waals surface area contributed by atoms with Crippen molar-refractivity contribution < 1.29 is 19.1 Å². The minimum atomic E-state index is -1.34. The van der Waals surface area contributed by atoms with Crippen LogP contribution >= 0.6 is 0 Å². The largest absolute Gasteiger partial charge is 0.478 e. The van der Waals surface area contributed by atoms with Crippen molar-refractivity contribution in [2.75, 3.05) is 0 Å². The van der Waals surface area contributed by atoms with Gasteiger partial charge in [-0.05, 0) is 24.6 Å². The van der Waals surface area contributed by atoms with Gasteiger partial charge in [0.15, 0.2) is 0 Å². The second-order valence-corrected chi connectivity index (χ2v) is 4.98. The molecule has 0 fully saturated rings. The number of amides is 1. The number of rotatable bonds is 5. The van der Waals surface area contributed by atoms with Crippen molar-refractivity contribution in [3.05, 3.63) is 53.4 Å². The summed E-state index contributed by atoms with van der Waals surface area (Å²) in [6, 6.07) is 3.37. The number of benzene rings is 1. The maximum atomic E-state index is 13.6. The molecule has 0 saturated heterocycles. The molecule has 1 amide bonds. The van der Waals surface area contributed by atoms with Gasteiger partial charge in [0.05, 0.1) is 18.0 Å². The molecule has 6 nitrogen and oxygen atoms in total. The number of hydrogen-bond donors (Lipinski definition) is 2. The average molecular weight is 305 g/mol. The average Bonchev–Trinajstić information content (AvgIpc) is 2.84. The van der Waals surface area contributed by atoms with Gasteiger partial charge in [-0.15, -0.1) is 0 Å². The summed E-state index contributed by atoms with van der Waals surface area (Å²) < 4.78 is 15.4. The summed E-state index contributed by atoms with van der Waals surface area (Å²) in [4.78, 5) is 26.9. The van der Waals surface area contributed by atoms with Crippen LogP contribution in [-0.4, -0.2) is 26.5 Å². The van der Waals surface area contributed by atoms with E-state index in [1.807, 2.05) is 7.05 Å². The number of aromatic carboxylic acids is 1. The maximum absolute atomic E-state index is 13.6. The number of nitrogens with one attached hydrogen (secondary N) is 1. The minimum Gasteiger partial charge on any atom is -0.478 e. The number of aromatic nitrogens is 2. The summed E-state index contributed by atoms with van der Waals surface area (Å²) in [7, 11) is 1.82. The zero-order chi connectivity index (χ0) is 16.3. The third-order valence-corrected chi connectivity index (χ3v) is 3.25. The molecule has 7 heteroatoms. The lowest BCUT2D eigenvalue weighted by Crippen LogP contribution is -2.29. The summed E-state index contributed by atoms with van der Waals surface area (Å²) >= 11 is 0. The third-order valence-electron chi connectivity index (χ3n) is 3.25. The van der Waals surface area contributed by atoms with Gasteiger partial charge in [0.25, 0.3) is 0 Å². The minimum absolute atomic E-state index is 0.0361. The zero-order valence-corrected chi connectivity index (χ0v) is 12.2. The highest BCUT2D eigenvalue weighted by atomic mass is 19.1. The first kappa shape index (κ1) is 15.7. The van der Waals surface area contributed by atoms with Crippen molar-refractivity contribution in [1.29, 1.82) is 0 Å². The van der Waals surface area contributed by atoms with E-state index in [9.17, 15) is 14.0 Å². The lowest BCUT2D eigenvalue weighted by atomic mass is 10.1. The van der Waals surface area contributed by atoms with E-state index >= 15 is 0 Å². The number of carboxylic acids is 1. The Bertz CT molecular complexity index is 712. The van der Waals surface area contributed by atoms with Crippen LogP contribution in [0.3, 0.4) is 0 Å². The maximum Gasteiger partial charge on any atom is 0.338 e. The van der Waals surface area contributed by atoms with Gasteiger partial charge >= 0.3 is 5.97 Å². The van der Waals surface area contributed by atoms with Gasteiger partial charge in [-0.2, -0.15) is 0 Å². The highest BCUT2D eigenvalue weighted by Crippen LogP contribution is 2.12. The molecule has 0 spiro atoms. The molecule has 0 aliphatic heterocycles. The molecule has 1 aromatic carbocycles. The van der Waals surface area contributed by atoms with Crippen molar-refractivity contribution in [2.24, 2.45) is 7.05 Å². The number of hydrogen-bond acceptors (Lipinski definition) is 3. The molecule has 0 aliphatic carbocycles. The van der Waals surface area contributed by atoms with Crippen LogP contribution in [0.15, 0.2) is 30.6 Å². The quantitative estimate of drug-likeness (QED) is 0.880. The topological polar surface area (TPSA) is 84.2 Å². The van der Waals surface area contributed by atoms with Gasteiger partial charge in [-0.3, -0.25) is 4.79 Å². The van der Waals surface area contributed by atoms with Crippen molar-refractivity contribution in [2.45, 2.75) is 19.4 Å². The van der Waals surface area contributed by atoms with E-state index in [4.69, 9.17) is 5.11 Å². The Morgan fingerprint density at radius 2 is 2.18 bits per heavy atom. The fourth-order valence-corrected chi connectivity index (χ4v) is 2.18. The normalized spacial score (nSPS) is 12.0. The van der Waals surface area contributed by atoms with Crippen LogP contribution in [0, 0.1) is 5.82 Å². The second kappa shape index (κ2) is 6.38. The number of imidazole rings is 1. The molecule has 2 N–H and O–H groups in total. The van der Waals surface area contributed by atoms with E-state index in [1.54, 1.807) is 23.9 Å². The van der Waals surface area contributed by atoms with Gasteiger partial charge in [-0.1, -0.05) is 6.07 Å². The Labute approximate surface area is 126 Å². The molecular formula is C15H16FN3O3. The van der Waals surface area contributed by atoms with Crippen LogP contribution in [0.2, 0.25) is 0 Å². The molecule has 22 heavy (non-hydrogen) atoms. The first-order chi connectivity index (χ1) is 10.4. The SMILES string of the molecule is CC(NC(=O)Cc1ccc(C(=O)O)c(F)c1)c1nccn1C. The summed E-state index contributed by atoms with van der Waals surface area (Å²) in [6.07, 6.45) is 3.38. The van der Waals surface area contributed by atoms with Gasteiger partial charge in [0.1, 0.15) is 11.6 Å². The fourth-order valence-electron chi connectivity index (χ4n) is 2.18. The number of halogens is 1. The van der Waals surface area contributed by atoms with Crippen LogP contribution in [0.1, 0.15) is 34.7 Å². The van der Waals surface area contributed by atoms with E-state index in [0.717, 1.165) is 12.1 Å². The van der Waals surface area contributed by atoms with Gasteiger partial charge in [0, 0.05) is 19.4 Å². The summed E-state index contributed by atoms with van der Waals surface area (Å²) in [6.45, 7) is 1.80. The highest BCUT2D eigenvalue weighted by Gasteiger charge is 2.15. The van der Waals surface area contributed by atoms with Crippen molar-refractivity contribution >= 4 is 11.9 Å². The predicted octanol–water partition coefficient (Wildman–Crippen LogP) is 1.68. The van der Waals surface area contributed by atoms with Gasteiger partial charge in [0.2, 0.25) is 5.91 Å². The molecule has 1 aromatic heterocycles. The van der Waals surface area contributed by atoms with Crippen LogP contribution < -0.4 is 5.32 Å². The molecule has 1 heterocycles. The molecule has 2 aromatic rings. The number of carboxylic acid groups (broad SMARTS) is 1. The Hall–Kier alpha value is -2.70. The van der Waals surface area contributed by atoms with Gasteiger partial charge in [-0.25, -0.2) is 14.2 Å². The summed E-state index contributed by atoms with van der Waals surface area (Å²) in [5.74, 6) is -1.77. The molecule has 1 atom stereocenters. The van der Waals surface area contributed by atoms with E-state index < -0.39 is 17.3 Å². The monoisotopic (exact) mass is 305 g/mol. The summed E-state index contributed by atoms with van der Waals surface area (Å²) in [5.41, 5.74) is -0.00224. The number of carbonyl (C=O) groups excluding carboxylic acids is 1. The lowest BCUT2D eigenvalue weighted by molar-refractivity contribution is -0.121. The molecule has 0 saturated carbocycles. The number of carbonyl (C=O) groups is 2. The fraction of sp³-hybridized carbons (Fsp3) is 0.267. The Balaban J connectivity index is 2.02. The van der Waals surface area contributed by atoms with Crippen LogP contribution in [0.5, 0.6) is 0 Å². The van der Waals surface area contributed by atoms with Crippen LogP contribution in [0.4, 0.5) is 4.39 Å². The number of nitrogens with zero attached hydrogens (tertiary/aromatic N) is 2. The number of aryl methyl sites for hydroxylation is 1. The smallest absolute Gasteiger partial charge is 0.338 e. The van der Waals surface area contributed by atoms with E-state index in [1.165, 1.54) is 6.07 Å². The Morgan fingerprint density at radius 1 is 1.45 bits per heavy atom. The molecule has 116 valence electrons. The predicted molar refractivity (Wildman–Crippen MR) is 76.8 cm³/mol. The standard InChI is InChI=1S/C15H16FN3O3/c1-9(14-17-5-6-19(14)2)18-13(20)8-10-3-4-11(15(21)22)12(16)7-10/h3-7,9H,8H2,1-2H3,(H,18,20)(H,21,22). The lowest BCUT2D eigenvalue weighted by Gasteiger charge is -2.14. The molecule has 2 rings (SSSR count). The Morgan fingerprint density at radius 3 is 2.73 bits per heavy atom. The second-order valence-electron chi connectivity index (χ2n) is 4.98. The molecule has 1 unspecified atom stereocenters. The van der Waals surface area contributed by atoms with E-state index in [2.05, 4.69) is 10.3 Å². The molecular weight excluding hydrogens is 289 g/mol. The highest BCUT2D eigenvalue weighted by molar-refractivity contribution is 5.88.